The molecule has 4 heteroatoms. The molecule has 0 aromatic carbocycles. The molecule has 1 aliphatic heterocycles. The van der Waals surface area contributed by atoms with E-state index in [1.807, 2.05) is 0 Å². The molecule has 108 valence electrons. The van der Waals surface area contributed by atoms with Gasteiger partial charge in [-0.1, -0.05) is 13.8 Å². The molecule has 1 aliphatic rings. The van der Waals surface area contributed by atoms with E-state index < -0.39 is 0 Å². The fourth-order valence-corrected chi connectivity index (χ4v) is 2.83. The maximum atomic E-state index is 11.9. The number of amides is 1. The van der Waals surface area contributed by atoms with Gasteiger partial charge < -0.3 is 9.80 Å². The average molecular weight is 265 g/mol. The van der Waals surface area contributed by atoms with Crippen molar-refractivity contribution in [2.45, 2.75) is 46.0 Å². The Morgan fingerprint density at radius 2 is 2.11 bits per heavy atom. The standard InChI is InChI=1S/C15H27N3O/c1-4-15(5-2)8-12-18(13-15)11-7-14(19)17(3)10-6-9-16/h4-8,10-13H2,1-3H3. The summed E-state index contributed by atoms with van der Waals surface area (Å²) in [4.78, 5) is 16.0. The van der Waals surface area contributed by atoms with E-state index in [-0.39, 0.29) is 5.91 Å². The van der Waals surface area contributed by atoms with E-state index in [0.29, 0.717) is 24.8 Å². The summed E-state index contributed by atoms with van der Waals surface area (Å²) in [6, 6.07) is 2.07. The minimum absolute atomic E-state index is 0.153. The molecule has 0 spiro atoms. The van der Waals surface area contributed by atoms with Crippen LogP contribution in [0.1, 0.15) is 46.0 Å². The SMILES string of the molecule is CCC1(CC)CCN(CCC(=O)N(C)CCC#N)C1. The maximum Gasteiger partial charge on any atom is 0.223 e. The van der Waals surface area contributed by atoms with Gasteiger partial charge in [0, 0.05) is 33.1 Å². The molecule has 4 nitrogen and oxygen atoms in total. The van der Waals surface area contributed by atoms with Gasteiger partial charge in [0.25, 0.3) is 0 Å². The molecule has 1 heterocycles. The Kier molecular flexibility index (Phi) is 6.30. The molecule has 1 saturated heterocycles. The van der Waals surface area contributed by atoms with Crippen molar-refractivity contribution in [2.75, 3.05) is 33.2 Å². The van der Waals surface area contributed by atoms with Gasteiger partial charge in [0.1, 0.15) is 0 Å². The molecule has 0 bridgehead atoms. The highest BCUT2D eigenvalue weighted by atomic mass is 16.2. The van der Waals surface area contributed by atoms with Gasteiger partial charge in [-0.05, 0) is 31.2 Å². The van der Waals surface area contributed by atoms with E-state index in [0.717, 1.165) is 19.6 Å². The Balaban J connectivity index is 2.31. The summed E-state index contributed by atoms with van der Waals surface area (Å²) in [5, 5.41) is 8.52. The first-order chi connectivity index (χ1) is 9.06. The minimum atomic E-state index is 0.153. The summed E-state index contributed by atoms with van der Waals surface area (Å²) < 4.78 is 0. The first-order valence-electron chi connectivity index (χ1n) is 7.40. The van der Waals surface area contributed by atoms with Gasteiger partial charge in [0.2, 0.25) is 5.91 Å². The summed E-state index contributed by atoms with van der Waals surface area (Å²) in [5.41, 5.74) is 0.482. The molecule has 0 atom stereocenters. The van der Waals surface area contributed by atoms with Crippen LogP contribution in [0.15, 0.2) is 0 Å². The third-order valence-corrected chi connectivity index (χ3v) is 4.64. The van der Waals surface area contributed by atoms with E-state index in [1.165, 1.54) is 19.3 Å². The number of carbonyl (C=O) groups is 1. The second-order valence-electron chi connectivity index (χ2n) is 5.71. The molecule has 19 heavy (non-hydrogen) atoms. The van der Waals surface area contributed by atoms with Crippen LogP contribution in [-0.2, 0) is 4.79 Å². The van der Waals surface area contributed by atoms with Crippen molar-refractivity contribution in [1.29, 1.82) is 5.26 Å². The molecular formula is C15H27N3O. The third-order valence-electron chi connectivity index (χ3n) is 4.64. The van der Waals surface area contributed by atoms with Crippen molar-refractivity contribution < 1.29 is 4.79 Å². The lowest BCUT2D eigenvalue weighted by Crippen LogP contribution is -2.33. The Hall–Kier alpha value is -1.08. The molecule has 0 N–H and O–H groups in total. The van der Waals surface area contributed by atoms with Crippen molar-refractivity contribution in [1.82, 2.24) is 9.80 Å². The van der Waals surface area contributed by atoms with Gasteiger partial charge in [-0.3, -0.25) is 4.79 Å². The summed E-state index contributed by atoms with van der Waals surface area (Å²) in [6.45, 7) is 8.20. The topological polar surface area (TPSA) is 47.3 Å². The lowest BCUT2D eigenvalue weighted by molar-refractivity contribution is -0.130. The van der Waals surface area contributed by atoms with Gasteiger partial charge in [-0.2, -0.15) is 5.26 Å². The largest absolute Gasteiger partial charge is 0.345 e. The number of rotatable bonds is 7. The predicted octanol–water partition coefficient (Wildman–Crippen LogP) is 2.26. The zero-order chi connectivity index (χ0) is 14.3. The van der Waals surface area contributed by atoms with Crippen LogP contribution in [-0.4, -0.2) is 48.9 Å². The minimum Gasteiger partial charge on any atom is -0.345 e. The Morgan fingerprint density at radius 3 is 2.63 bits per heavy atom. The fraction of sp³-hybridized carbons (Fsp3) is 0.867. The number of hydrogen-bond acceptors (Lipinski definition) is 3. The molecule has 1 fully saturated rings. The van der Waals surface area contributed by atoms with E-state index in [2.05, 4.69) is 24.8 Å². The van der Waals surface area contributed by atoms with Crippen molar-refractivity contribution in [2.24, 2.45) is 5.41 Å². The predicted molar refractivity (Wildman–Crippen MR) is 76.6 cm³/mol. The van der Waals surface area contributed by atoms with Crippen molar-refractivity contribution >= 4 is 5.91 Å². The van der Waals surface area contributed by atoms with Crippen LogP contribution in [0.4, 0.5) is 0 Å². The molecule has 0 radical (unpaired) electrons. The van der Waals surface area contributed by atoms with Gasteiger partial charge >= 0.3 is 0 Å². The van der Waals surface area contributed by atoms with Crippen LogP contribution in [0.25, 0.3) is 0 Å². The first-order valence-corrected chi connectivity index (χ1v) is 7.40. The highest BCUT2D eigenvalue weighted by Gasteiger charge is 2.34. The molecule has 0 aromatic rings. The average Bonchev–Trinajstić information content (AvgIpc) is 2.86. The monoisotopic (exact) mass is 265 g/mol. The summed E-state index contributed by atoms with van der Waals surface area (Å²) >= 11 is 0. The van der Waals surface area contributed by atoms with E-state index in [1.54, 1.807) is 11.9 Å². The Labute approximate surface area is 117 Å². The highest BCUT2D eigenvalue weighted by molar-refractivity contribution is 5.76. The number of likely N-dealkylation sites (tertiary alicyclic amines) is 1. The van der Waals surface area contributed by atoms with Crippen LogP contribution in [0.2, 0.25) is 0 Å². The zero-order valence-corrected chi connectivity index (χ0v) is 12.6. The van der Waals surface area contributed by atoms with E-state index in [4.69, 9.17) is 5.26 Å². The van der Waals surface area contributed by atoms with Crippen LogP contribution in [0.3, 0.4) is 0 Å². The van der Waals surface area contributed by atoms with Gasteiger partial charge in [0.05, 0.1) is 12.5 Å². The maximum absolute atomic E-state index is 11.9. The van der Waals surface area contributed by atoms with Crippen LogP contribution in [0.5, 0.6) is 0 Å². The number of nitrogens with zero attached hydrogens (tertiary/aromatic N) is 3. The smallest absolute Gasteiger partial charge is 0.223 e. The van der Waals surface area contributed by atoms with E-state index >= 15 is 0 Å². The number of carbonyl (C=O) groups excluding carboxylic acids is 1. The molecule has 0 unspecified atom stereocenters. The van der Waals surface area contributed by atoms with Crippen LogP contribution < -0.4 is 0 Å². The molecular weight excluding hydrogens is 238 g/mol. The van der Waals surface area contributed by atoms with Crippen molar-refractivity contribution in [3.63, 3.8) is 0 Å². The summed E-state index contributed by atoms with van der Waals surface area (Å²) in [6.07, 6.45) is 4.72. The fourth-order valence-electron chi connectivity index (χ4n) is 2.83. The lowest BCUT2D eigenvalue weighted by Gasteiger charge is -2.26. The first kappa shape index (κ1) is 16.0. The Bertz CT molecular complexity index is 331. The molecule has 0 saturated carbocycles. The van der Waals surface area contributed by atoms with Gasteiger partial charge in [-0.15, -0.1) is 0 Å². The molecule has 1 rings (SSSR count). The normalized spacial score (nSPS) is 18.2. The molecule has 0 aromatic heterocycles. The highest BCUT2D eigenvalue weighted by Crippen LogP contribution is 2.36. The summed E-state index contributed by atoms with van der Waals surface area (Å²) in [7, 11) is 1.78. The number of nitriles is 1. The van der Waals surface area contributed by atoms with Crippen LogP contribution in [0, 0.1) is 16.7 Å². The quantitative estimate of drug-likeness (QED) is 0.709. The lowest BCUT2D eigenvalue weighted by atomic mass is 9.82. The Morgan fingerprint density at radius 1 is 1.42 bits per heavy atom. The van der Waals surface area contributed by atoms with Crippen LogP contribution >= 0.6 is 0 Å². The van der Waals surface area contributed by atoms with Gasteiger partial charge in [0.15, 0.2) is 0 Å². The molecule has 0 aliphatic carbocycles. The van der Waals surface area contributed by atoms with Gasteiger partial charge in [-0.25, -0.2) is 0 Å². The van der Waals surface area contributed by atoms with Crippen molar-refractivity contribution in [3.8, 4) is 6.07 Å². The number of hydrogen-bond donors (Lipinski definition) is 0. The molecule has 1 amide bonds. The van der Waals surface area contributed by atoms with Crippen molar-refractivity contribution in [3.05, 3.63) is 0 Å². The van der Waals surface area contributed by atoms with E-state index in [9.17, 15) is 4.79 Å². The second kappa shape index (κ2) is 7.49. The second-order valence-corrected chi connectivity index (χ2v) is 5.71. The summed E-state index contributed by atoms with van der Waals surface area (Å²) in [5.74, 6) is 0.153. The third kappa shape index (κ3) is 4.50. The zero-order valence-electron chi connectivity index (χ0n) is 12.6.